The normalized spacial score (nSPS) is 12.8. The quantitative estimate of drug-likeness (QED) is 0.678. The number of nitrogens with one attached hydrogen (secondary N) is 2. The number of benzene rings is 2. The van der Waals surface area contributed by atoms with Gasteiger partial charge < -0.3 is 15.7 Å². The van der Waals surface area contributed by atoms with Crippen LogP contribution in [-0.4, -0.2) is 9.97 Å². The summed E-state index contributed by atoms with van der Waals surface area (Å²) in [6, 6.07) is 4.67. The molecule has 4 nitrogen and oxygen atoms in total. The van der Waals surface area contributed by atoms with Crippen LogP contribution in [-0.2, 0) is 0 Å². The van der Waals surface area contributed by atoms with E-state index in [0.29, 0.717) is 28.7 Å². The van der Waals surface area contributed by atoms with Gasteiger partial charge in [-0.25, -0.2) is 18.0 Å². The van der Waals surface area contributed by atoms with Crippen LogP contribution in [0.5, 0.6) is 0 Å². The Morgan fingerprint density at radius 1 is 0.952 bits per heavy atom. The number of aromatic nitrogens is 2. The molecule has 1 heterocycles. The molecule has 0 aliphatic carbocycles. The van der Waals surface area contributed by atoms with Crippen molar-refractivity contribution in [2.24, 2.45) is 5.73 Å². The lowest BCUT2D eigenvalue weighted by molar-refractivity contribution is 0.515. The maximum Gasteiger partial charge on any atom is 0.323 e. The summed E-state index contributed by atoms with van der Waals surface area (Å²) < 4.78 is 40.4. The first kappa shape index (κ1) is 13.4. The zero-order chi connectivity index (χ0) is 15.1. The first-order chi connectivity index (χ1) is 9.95. The van der Waals surface area contributed by atoms with Crippen molar-refractivity contribution in [3.05, 3.63) is 69.4 Å². The topological polar surface area (TPSA) is 74.7 Å². The van der Waals surface area contributed by atoms with Crippen LogP contribution in [0, 0.1) is 17.5 Å². The van der Waals surface area contributed by atoms with Crippen LogP contribution in [0.2, 0.25) is 0 Å². The molecule has 0 spiro atoms. The lowest BCUT2D eigenvalue weighted by Crippen LogP contribution is -2.16. The highest BCUT2D eigenvalue weighted by Crippen LogP contribution is 2.27. The molecule has 0 aliphatic rings. The molecule has 1 atom stereocenters. The number of imidazole rings is 1. The van der Waals surface area contributed by atoms with Gasteiger partial charge in [0.25, 0.3) is 0 Å². The molecule has 3 aromatic rings. The molecule has 0 saturated heterocycles. The lowest BCUT2D eigenvalue weighted by atomic mass is 9.98. The Hall–Kier alpha value is -2.54. The Morgan fingerprint density at radius 2 is 1.57 bits per heavy atom. The molecule has 21 heavy (non-hydrogen) atoms. The fourth-order valence-corrected chi connectivity index (χ4v) is 2.26. The second-order valence-corrected chi connectivity index (χ2v) is 4.64. The smallest absolute Gasteiger partial charge is 0.320 e. The molecule has 0 radical (unpaired) electrons. The molecule has 1 aromatic heterocycles. The number of rotatable bonds is 2. The molecule has 4 N–H and O–H groups in total. The van der Waals surface area contributed by atoms with Gasteiger partial charge in [-0.2, -0.15) is 0 Å². The van der Waals surface area contributed by atoms with Crippen LogP contribution < -0.4 is 11.4 Å². The third-order valence-electron chi connectivity index (χ3n) is 3.25. The van der Waals surface area contributed by atoms with Gasteiger partial charge in [0.2, 0.25) is 0 Å². The van der Waals surface area contributed by atoms with Gasteiger partial charge in [0.1, 0.15) is 17.5 Å². The van der Waals surface area contributed by atoms with Gasteiger partial charge in [-0.3, -0.25) is 0 Å². The van der Waals surface area contributed by atoms with Crippen LogP contribution in [0.4, 0.5) is 13.2 Å². The van der Waals surface area contributed by atoms with E-state index < -0.39 is 34.7 Å². The van der Waals surface area contributed by atoms with Crippen molar-refractivity contribution < 1.29 is 13.2 Å². The average Bonchev–Trinajstić information content (AvgIpc) is 2.76. The second-order valence-electron chi connectivity index (χ2n) is 4.64. The van der Waals surface area contributed by atoms with Crippen LogP contribution in [0.3, 0.4) is 0 Å². The molecule has 1 unspecified atom stereocenters. The van der Waals surface area contributed by atoms with E-state index in [0.717, 1.165) is 0 Å². The van der Waals surface area contributed by atoms with Crippen molar-refractivity contribution in [2.45, 2.75) is 6.04 Å². The van der Waals surface area contributed by atoms with E-state index in [1.165, 1.54) is 6.07 Å². The number of hydrogen-bond donors (Lipinski definition) is 3. The maximum absolute atomic E-state index is 13.7. The number of hydrogen-bond acceptors (Lipinski definition) is 2. The molecular weight excluding hydrogens is 283 g/mol. The number of fused-ring (bicyclic) bond motifs is 1. The minimum absolute atomic E-state index is 0.391. The van der Waals surface area contributed by atoms with E-state index in [1.54, 1.807) is 12.1 Å². The Balaban J connectivity index is 2.11. The molecule has 0 aliphatic heterocycles. The summed E-state index contributed by atoms with van der Waals surface area (Å²) in [4.78, 5) is 16.3. The summed E-state index contributed by atoms with van der Waals surface area (Å²) in [5.41, 5.74) is 6.46. The van der Waals surface area contributed by atoms with Crippen LogP contribution >= 0.6 is 0 Å². The van der Waals surface area contributed by atoms with E-state index in [-0.39, 0.29) is 0 Å². The molecule has 2 aromatic carbocycles. The Kier molecular flexibility index (Phi) is 3.06. The minimum atomic E-state index is -1.12. The number of halogens is 3. The minimum Gasteiger partial charge on any atom is -0.320 e. The summed E-state index contributed by atoms with van der Waals surface area (Å²) in [7, 11) is 0. The molecule has 3 rings (SSSR count). The van der Waals surface area contributed by atoms with E-state index in [2.05, 4.69) is 9.97 Å². The summed E-state index contributed by atoms with van der Waals surface area (Å²) in [6.07, 6.45) is 0. The molecule has 0 saturated carbocycles. The predicted molar refractivity (Wildman–Crippen MR) is 71.3 cm³/mol. The zero-order valence-electron chi connectivity index (χ0n) is 10.6. The fraction of sp³-hybridized carbons (Fsp3) is 0.0714. The zero-order valence-corrected chi connectivity index (χ0v) is 10.6. The molecule has 0 amide bonds. The molecule has 108 valence electrons. The van der Waals surface area contributed by atoms with Crippen molar-refractivity contribution >= 4 is 11.0 Å². The summed E-state index contributed by atoms with van der Waals surface area (Å²) in [6.45, 7) is 0. The van der Waals surface area contributed by atoms with E-state index >= 15 is 0 Å². The highest BCUT2D eigenvalue weighted by molar-refractivity contribution is 5.75. The number of H-pyrrole nitrogens is 2. The molecule has 7 heteroatoms. The van der Waals surface area contributed by atoms with Gasteiger partial charge in [0.05, 0.1) is 17.1 Å². The van der Waals surface area contributed by atoms with Gasteiger partial charge in [0.15, 0.2) is 0 Å². The summed E-state index contributed by atoms with van der Waals surface area (Å²) >= 11 is 0. The highest BCUT2D eigenvalue weighted by Gasteiger charge is 2.20. The summed E-state index contributed by atoms with van der Waals surface area (Å²) in [5.74, 6) is -3.11. The van der Waals surface area contributed by atoms with Crippen molar-refractivity contribution in [2.75, 3.05) is 0 Å². The fourth-order valence-electron chi connectivity index (χ4n) is 2.26. The SMILES string of the molecule is NC(c1ccc2[nH]c(=O)[nH]c2c1)c1c(F)cc(F)cc1F. The van der Waals surface area contributed by atoms with Crippen molar-refractivity contribution in [1.82, 2.24) is 9.97 Å². The Bertz CT molecular complexity index is 862. The molecular formula is C14H10F3N3O. The van der Waals surface area contributed by atoms with Gasteiger partial charge in [-0.15, -0.1) is 0 Å². The third-order valence-corrected chi connectivity index (χ3v) is 3.25. The van der Waals surface area contributed by atoms with Gasteiger partial charge in [0, 0.05) is 17.7 Å². The van der Waals surface area contributed by atoms with Crippen LogP contribution in [0.15, 0.2) is 35.1 Å². The number of nitrogens with two attached hydrogens (primary N) is 1. The average molecular weight is 293 g/mol. The summed E-state index contributed by atoms with van der Waals surface area (Å²) in [5, 5.41) is 0. The Morgan fingerprint density at radius 3 is 2.24 bits per heavy atom. The second kappa shape index (κ2) is 4.78. The van der Waals surface area contributed by atoms with Crippen molar-refractivity contribution in [3.63, 3.8) is 0 Å². The molecule has 0 fully saturated rings. The predicted octanol–water partition coefficient (Wildman–Crippen LogP) is 2.32. The van der Waals surface area contributed by atoms with Gasteiger partial charge in [-0.1, -0.05) is 6.07 Å². The standard InChI is InChI=1S/C14H10F3N3O/c15-7-4-8(16)12(9(17)5-7)13(18)6-1-2-10-11(3-6)20-14(21)19-10/h1-5,13H,18H2,(H2,19,20,21). The van der Waals surface area contributed by atoms with E-state index in [4.69, 9.17) is 5.73 Å². The highest BCUT2D eigenvalue weighted by atomic mass is 19.1. The van der Waals surface area contributed by atoms with Crippen molar-refractivity contribution in [3.8, 4) is 0 Å². The third kappa shape index (κ3) is 2.31. The van der Waals surface area contributed by atoms with Crippen LogP contribution in [0.25, 0.3) is 11.0 Å². The monoisotopic (exact) mass is 293 g/mol. The van der Waals surface area contributed by atoms with E-state index in [1.807, 2.05) is 0 Å². The maximum atomic E-state index is 13.7. The first-order valence-corrected chi connectivity index (χ1v) is 6.07. The lowest BCUT2D eigenvalue weighted by Gasteiger charge is -2.14. The largest absolute Gasteiger partial charge is 0.323 e. The van der Waals surface area contributed by atoms with E-state index in [9.17, 15) is 18.0 Å². The van der Waals surface area contributed by atoms with Crippen LogP contribution in [0.1, 0.15) is 17.2 Å². The Labute approximate surface area is 116 Å². The number of aromatic amines is 2. The van der Waals surface area contributed by atoms with Gasteiger partial charge in [-0.05, 0) is 17.7 Å². The first-order valence-electron chi connectivity index (χ1n) is 6.07. The molecule has 0 bridgehead atoms. The van der Waals surface area contributed by atoms with Gasteiger partial charge >= 0.3 is 5.69 Å². The van der Waals surface area contributed by atoms with Crippen molar-refractivity contribution in [1.29, 1.82) is 0 Å².